The lowest BCUT2D eigenvalue weighted by Crippen LogP contribution is -2.32. The van der Waals surface area contributed by atoms with Gasteiger partial charge in [0.25, 0.3) is 0 Å². The van der Waals surface area contributed by atoms with E-state index in [4.69, 9.17) is 0 Å². The number of unbranched alkanes of at least 4 members (excludes halogenated alkanes) is 3. The van der Waals surface area contributed by atoms with E-state index in [1.54, 1.807) is 12.8 Å². The molecule has 0 radical (unpaired) electrons. The Bertz CT molecular complexity index is 260. The third-order valence-corrected chi connectivity index (χ3v) is 5.43. The Labute approximate surface area is 120 Å². The van der Waals surface area contributed by atoms with Crippen LogP contribution in [0.5, 0.6) is 0 Å². The molecule has 19 heavy (non-hydrogen) atoms. The van der Waals surface area contributed by atoms with E-state index < -0.39 is 0 Å². The van der Waals surface area contributed by atoms with E-state index >= 15 is 0 Å². The summed E-state index contributed by atoms with van der Waals surface area (Å²) in [5.41, 5.74) is 0. The maximum atomic E-state index is 3.80. The highest BCUT2D eigenvalue weighted by Crippen LogP contribution is 2.50. The minimum absolute atomic E-state index is 0.790. The molecule has 0 spiro atoms. The van der Waals surface area contributed by atoms with Gasteiger partial charge in [-0.3, -0.25) is 0 Å². The molecule has 2 aliphatic carbocycles. The molecule has 0 aliphatic heterocycles. The maximum Gasteiger partial charge on any atom is 0.00696 e. The highest BCUT2D eigenvalue weighted by atomic mass is 14.9. The zero-order valence-corrected chi connectivity index (χ0v) is 12.9. The van der Waals surface area contributed by atoms with Gasteiger partial charge in [0.1, 0.15) is 0 Å². The lowest BCUT2D eigenvalue weighted by molar-refractivity contribution is 0.270. The van der Waals surface area contributed by atoms with Crippen molar-refractivity contribution in [1.29, 1.82) is 0 Å². The van der Waals surface area contributed by atoms with Gasteiger partial charge in [-0.25, -0.2) is 0 Å². The van der Waals surface area contributed by atoms with Gasteiger partial charge < -0.3 is 5.32 Å². The van der Waals surface area contributed by atoms with Crippen molar-refractivity contribution in [2.75, 3.05) is 6.54 Å². The molecule has 110 valence electrons. The number of nitrogens with one attached hydrogen (secondary N) is 1. The van der Waals surface area contributed by atoms with E-state index in [0.29, 0.717) is 0 Å². The van der Waals surface area contributed by atoms with Crippen LogP contribution in [-0.2, 0) is 0 Å². The SMILES string of the molecule is C=CCCCCCC(CC1CC2CCC1C2)NCC. The molecule has 4 atom stereocenters. The molecule has 2 fully saturated rings. The minimum Gasteiger partial charge on any atom is -0.314 e. The van der Waals surface area contributed by atoms with E-state index in [1.807, 2.05) is 0 Å². The number of hydrogen-bond acceptors (Lipinski definition) is 1. The molecule has 0 saturated heterocycles. The standard InChI is InChI=1S/C18H33N/c1-3-5-6-7-8-9-18(19-4-2)14-17-13-15-10-11-16(17)12-15/h3,15-19H,1,4-14H2,2H3. The van der Waals surface area contributed by atoms with Crippen LogP contribution in [0.3, 0.4) is 0 Å². The Morgan fingerprint density at radius 2 is 2.11 bits per heavy atom. The third-order valence-electron chi connectivity index (χ3n) is 5.43. The second-order valence-electron chi connectivity index (χ2n) is 6.85. The average molecular weight is 263 g/mol. The van der Waals surface area contributed by atoms with Crippen molar-refractivity contribution in [3.8, 4) is 0 Å². The Morgan fingerprint density at radius 1 is 1.21 bits per heavy atom. The third kappa shape index (κ3) is 4.63. The summed E-state index contributed by atoms with van der Waals surface area (Å²) >= 11 is 0. The number of fused-ring (bicyclic) bond motifs is 2. The molecule has 2 rings (SSSR count). The predicted molar refractivity (Wildman–Crippen MR) is 84.3 cm³/mol. The van der Waals surface area contributed by atoms with Gasteiger partial charge in [0.15, 0.2) is 0 Å². The molecular formula is C18H33N. The summed E-state index contributed by atoms with van der Waals surface area (Å²) in [6.07, 6.45) is 16.4. The smallest absolute Gasteiger partial charge is 0.00696 e. The second-order valence-corrected chi connectivity index (χ2v) is 6.85. The van der Waals surface area contributed by atoms with Crippen LogP contribution in [0, 0.1) is 17.8 Å². The van der Waals surface area contributed by atoms with Gasteiger partial charge in [-0.1, -0.05) is 32.3 Å². The van der Waals surface area contributed by atoms with Gasteiger partial charge in [-0.15, -0.1) is 6.58 Å². The summed E-state index contributed by atoms with van der Waals surface area (Å²) < 4.78 is 0. The Hall–Kier alpha value is -0.300. The molecule has 0 amide bonds. The molecule has 0 aromatic carbocycles. The van der Waals surface area contributed by atoms with Crippen molar-refractivity contribution < 1.29 is 0 Å². The first kappa shape index (κ1) is 15.1. The van der Waals surface area contributed by atoms with Crippen LogP contribution in [0.4, 0.5) is 0 Å². The summed E-state index contributed by atoms with van der Waals surface area (Å²) in [4.78, 5) is 0. The quantitative estimate of drug-likeness (QED) is 0.435. The van der Waals surface area contributed by atoms with Gasteiger partial charge in [-0.05, 0) is 69.2 Å². The van der Waals surface area contributed by atoms with Crippen LogP contribution >= 0.6 is 0 Å². The van der Waals surface area contributed by atoms with Crippen LogP contribution in [0.15, 0.2) is 12.7 Å². The Kier molecular flexibility index (Phi) is 6.43. The molecule has 1 nitrogen and oxygen atoms in total. The lowest BCUT2D eigenvalue weighted by Gasteiger charge is -2.27. The topological polar surface area (TPSA) is 12.0 Å². The van der Waals surface area contributed by atoms with Crippen molar-refractivity contribution in [3.05, 3.63) is 12.7 Å². The molecule has 1 heteroatoms. The van der Waals surface area contributed by atoms with Crippen LogP contribution < -0.4 is 5.32 Å². The summed E-state index contributed by atoms with van der Waals surface area (Å²) in [6, 6.07) is 0.790. The van der Waals surface area contributed by atoms with Crippen molar-refractivity contribution in [2.24, 2.45) is 17.8 Å². The molecule has 2 bridgehead atoms. The molecule has 0 aromatic heterocycles. The van der Waals surface area contributed by atoms with Crippen LogP contribution in [0.1, 0.15) is 71.1 Å². The van der Waals surface area contributed by atoms with Crippen molar-refractivity contribution >= 4 is 0 Å². The average Bonchev–Trinajstić information content (AvgIpc) is 3.01. The first-order chi connectivity index (χ1) is 9.33. The van der Waals surface area contributed by atoms with E-state index in [9.17, 15) is 0 Å². The maximum absolute atomic E-state index is 3.80. The van der Waals surface area contributed by atoms with Crippen LogP contribution in [-0.4, -0.2) is 12.6 Å². The second kappa shape index (κ2) is 8.09. The van der Waals surface area contributed by atoms with Gasteiger partial charge in [-0.2, -0.15) is 0 Å². The minimum atomic E-state index is 0.790. The largest absolute Gasteiger partial charge is 0.314 e. The van der Waals surface area contributed by atoms with Gasteiger partial charge in [0, 0.05) is 6.04 Å². The number of rotatable bonds is 10. The fourth-order valence-corrected chi connectivity index (χ4v) is 4.48. The van der Waals surface area contributed by atoms with Crippen LogP contribution in [0.25, 0.3) is 0 Å². The zero-order chi connectivity index (χ0) is 13.5. The summed E-state index contributed by atoms with van der Waals surface area (Å²) in [5, 5.41) is 3.74. The first-order valence-electron chi connectivity index (χ1n) is 8.67. The molecule has 2 saturated carbocycles. The fourth-order valence-electron chi connectivity index (χ4n) is 4.48. The van der Waals surface area contributed by atoms with Crippen molar-refractivity contribution in [1.82, 2.24) is 5.32 Å². The van der Waals surface area contributed by atoms with Crippen LogP contribution in [0.2, 0.25) is 0 Å². The summed E-state index contributed by atoms with van der Waals surface area (Å²) in [5.74, 6) is 3.24. The van der Waals surface area contributed by atoms with Gasteiger partial charge in [0.2, 0.25) is 0 Å². The highest BCUT2D eigenvalue weighted by Gasteiger charge is 2.39. The lowest BCUT2D eigenvalue weighted by atomic mass is 9.83. The molecular weight excluding hydrogens is 230 g/mol. The number of allylic oxidation sites excluding steroid dienone is 1. The van der Waals surface area contributed by atoms with Crippen molar-refractivity contribution in [3.63, 3.8) is 0 Å². The number of hydrogen-bond donors (Lipinski definition) is 1. The molecule has 4 unspecified atom stereocenters. The van der Waals surface area contributed by atoms with Gasteiger partial charge >= 0.3 is 0 Å². The van der Waals surface area contributed by atoms with Gasteiger partial charge in [0.05, 0.1) is 0 Å². The van der Waals surface area contributed by atoms with Crippen molar-refractivity contribution in [2.45, 2.75) is 77.2 Å². The van der Waals surface area contributed by atoms with E-state index in [2.05, 4.69) is 24.9 Å². The van der Waals surface area contributed by atoms with E-state index in [0.717, 1.165) is 30.3 Å². The van der Waals surface area contributed by atoms with E-state index in [1.165, 1.54) is 51.4 Å². The molecule has 0 aromatic rings. The zero-order valence-electron chi connectivity index (χ0n) is 12.9. The first-order valence-corrected chi connectivity index (χ1v) is 8.67. The molecule has 0 heterocycles. The molecule has 2 aliphatic rings. The van der Waals surface area contributed by atoms with E-state index in [-0.39, 0.29) is 0 Å². The monoisotopic (exact) mass is 263 g/mol. The molecule has 1 N–H and O–H groups in total. The predicted octanol–water partition coefficient (Wildman–Crippen LogP) is 4.93. The Balaban J connectivity index is 1.65. The highest BCUT2D eigenvalue weighted by molar-refractivity contribution is 4.91. The summed E-state index contributed by atoms with van der Waals surface area (Å²) in [6.45, 7) is 7.19. The summed E-state index contributed by atoms with van der Waals surface area (Å²) in [7, 11) is 0. The fraction of sp³-hybridized carbons (Fsp3) is 0.889. The normalized spacial score (nSPS) is 30.7. The Morgan fingerprint density at radius 3 is 2.74 bits per heavy atom.